The van der Waals surface area contributed by atoms with Gasteiger partial charge in [-0.05, 0) is 73.2 Å². The van der Waals surface area contributed by atoms with Crippen molar-refractivity contribution in [3.05, 3.63) is 53.6 Å². The fourth-order valence-corrected chi connectivity index (χ4v) is 5.36. The van der Waals surface area contributed by atoms with Crippen molar-refractivity contribution in [1.82, 2.24) is 9.80 Å². The van der Waals surface area contributed by atoms with Crippen LogP contribution in [0.3, 0.4) is 0 Å². The highest BCUT2D eigenvalue weighted by Crippen LogP contribution is 2.42. The fourth-order valence-electron chi connectivity index (χ4n) is 5.36. The lowest BCUT2D eigenvalue weighted by molar-refractivity contribution is -0.117. The number of carbonyl (C=O) groups excluding carboxylic acids is 1. The second-order valence-corrected chi connectivity index (χ2v) is 9.40. The number of nitrogens with zero attached hydrogens (tertiary/aromatic N) is 3. The number of carboxylic acid groups (broad SMARTS) is 1. The molecule has 0 bridgehead atoms. The van der Waals surface area contributed by atoms with Gasteiger partial charge in [0.05, 0.1) is 6.04 Å². The zero-order valence-electron chi connectivity index (χ0n) is 20.0. The first kappa shape index (κ1) is 23.3. The van der Waals surface area contributed by atoms with Crippen LogP contribution < -0.4 is 4.90 Å². The molecule has 0 unspecified atom stereocenters. The van der Waals surface area contributed by atoms with E-state index in [9.17, 15) is 14.7 Å². The van der Waals surface area contributed by atoms with Gasteiger partial charge in [-0.3, -0.25) is 9.69 Å². The zero-order valence-corrected chi connectivity index (χ0v) is 20.0. The van der Waals surface area contributed by atoms with E-state index in [-0.39, 0.29) is 18.0 Å². The van der Waals surface area contributed by atoms with E-state index in [1.165, 1.54) is 42.8 Å². The largest absolute Gasteiger partial charge is 0.465 e. The molecule has 2 amide bonds. The van der Waals surface area contributed by atoms with E-state index in [1.807, 2.05) is 24.0 Å². The Morgan fingerprint density at radius 2 is 1.70 bits per heavy atom. The number of hydrogen-bond donors (Lipinski definition) is 1. The molecule has 6 nitrogen and oxygen atoms in total. The van der Waals surface area contributed by atoms with Gasteiger partial charge in [-0.15, -0.1) is 0 Å². The zero-order chi connectivity index (χ0) is 23.5. The van der Waals surface area contributed by atoms with E-state index in [0.717, 1.165) is 35.3 Å². The lowest BCUT2D eigenvalue weighted by Gasteiger charge is -2.42. The summed E-state index contributed by atoms with van der Waals surface area (Å²) < 4.78 is 0. The molecule has 176 valence electrons. The van der Waals surface area contributed by atoms with Crippen molar-refractivity contribution in [2.75, 3.05) is 25.0 Å². The first-order valence-corrected chi connectivity index (χ1v) is 12.1. The van der Waals surface area contributed by atoms with Crippen molar-refractivity contribution in [2.24, 2.45) is 0 Å². The third-order valence-corrected chi connectivity index (χ3v) is 7.23. The number of rotatable bonds is 5. The van der Waals surface area contributed by atoms with E-state index in [0.29, 0.717) is 6.42 Å². The molecule has 1 N–H and O–H groups in total. The van der Waals surface area contributed by atoms with Crippen molar-refractivity contribution in [3.63, 3.8) is 0 Å². The second-order valence-electron chi connectivity index (χ2n) is 9.40. The molecule has 6 heteroatoms. The molecule has 2 heterocycles. The van der Waals surface area contributed by atoms with E-state index < -0.39 is 6.09 Å². The highest BCUT2D eigenvalue weighted by Gasteiger charge is 2.37. The molecule has 0 aliphatic carbocycles. The van der Waals surface area contributed by atoms with Crippen LogP contribution in [0.15, 0.2) is 42.5 Å². The summed E-state index contributed by atoms with van der Waals surface area (Å²) in [6.45, 7) is 6.97. The molecule has 2 aliphatic heterocycles. The Hall–Kier alpha value is -2.86. The summed E-state index contributed by atoms with van der Waals surface area (Å²) in [6, 6.07) is 14.5. The normalized spacial score (nSPS) is 20.9. The molecule has 0 aromatic heterocycles. The quantitative estimate of drug-likeness (QED) is 0.652. The average molecular weight is 450 g/mol. The predicted octanol–water partition coefficient (Wildman–Crippen LogP) is 5.53. The highest BCUT2D eigenvalue weighted by atomic mass is 16.4. The Labute approximate surface area is 196 Å². The summed E-state index contributed by atoms with van der Waals surface area (Å²) in [6.07, 6.45) is 4.34. The third-order valence-electron chi connectivity index (χ3n) is 7.23. The Kier molecular flexibility index (Phi) is 7.03. The van der Waals surface area contributed by atoms with Crippen LogP contribution in [-0.4, -0.2) is 53.1 Å². The molecular formula is C27H35N3O3. The molecular weight excluding hydrogens is 414 g/mol. The van der Waals surface area contributed by atoms with Crippen LogP contribution in [0.1, 0.15) is 63.1 Å². The topological polar surface area (TPSA) is 64.1 Å². The van der Waals surface area contributed by atoms with Gasteiger partial charge in [-0.1, -0.05) is 43.7 Å². The Morgan fingerprint density at radius 1 is 1.03 bits per heavy atom. The number of anilines is 1. The van der Waals surface area contributed by atoms with Gasteiger partial charge in [0.2, 0.25) is 5.91 Å². The maximum atomic E-state index is 12.5. The van der Waals surface area contributed by atoms with Crippen molar-refractivity contribution in [1.29, 1.82) is 0 Å². The number of fused-ring (bicyclic) bond motifs is 1. The van der Waals surface area contributed by atoms with Crippen molar-refractivity contribution in [2.45, 2.75) is 64.6 Å². The van der Waals surface area contributed by atoms with Gasteiger partial charge in [0.15, 0.2) is 0 Å². The molecule has 0 radical (unpaired) electrons. The standard InChI is InChI=1S/C27H35N3O3/c1-4-23-17-26(28(3)27(32)33)24-16-22(12-13-25(24)30(23)19(2)31)21-10-8-20(9-11-21)18-29-14-6-5-7-15-29/h8-13,16,23,26H,4-7,14-15,17-18H2,1-3H3,(H,32,33)/t23-,26+/m1/s1. The van der Waals surface area contributed by atoms with Gasteiger partial charge in [0, 0.05) is 32.2 Å². The van der Waals surface area contributed by atoms with Crippen molar-refractivity contribution >= 4 is 17.7 Å². The van der Waals surface area contributed by atoms with Crippen LogP contribution >= 0.6 is 0 Å². The van der Waals surface area contributed by atoms with Crippen LogP contribution in [0, 0.1) is 0 Å². The number of amides is 2. The summed E-state index contributed by atoms with van der Waals surface area (Å²) in [5, 5.41) is 9.69. The van der Waals surface area contributed by atoms with Gasteiger partial charge in [-0.25, -0.2) is 4.79 Å². The molecule has 1 saturated heterocycles. The smallest absolute Gasteiger partial charge is 0.407 e. The second kappa shape index (κ2) is 9.96. The summed E-state index contributed by atoms with van der Waals surface area (Å²) in [5.41, 5.74) is 5.18. The number of carbonyl (C=O) groups is 2. The van der Waals surface area contributed by atoms with Crippen LogP contribution in [0.4, 0.5) is 10.5 Å². The number of likely N-dealkylation sites (tertiary alicyclic amines) is 1. The molecule has 0 saturated carbocycles. The van der Waals surface area contributed by atoms with E-state index >= 15 is 0 Å². The maximum Gasteiger partial charge on any atom is 0.407 e. The Balaban J connectivity index is 1.65. The summed E-state index contributed by atoms with van der Waals surface area (Å²) >= 11 is 0. The Morgan fingerprint density at radius 3 is 2.30 bits per heavy atom. The molecule has 2 aromatic rings. The van der Waals surface area contributed by atoms with Gasteiger partial charge in [0.1, 0.15) is 0 Å². The van der Waals surface area contributed by atoms with Crippen LogP contribution in [0.2, 0.25) is 0 Å². The predicted molar refractivity (Wildman–Crippen MR) is 131 cm³/mol. The molecule has 2 aromatic carbocycles. The van der Waals surface area contributed by atoms with Crippen LogP contribution in [0.5, 0.6) is 0 Å². The molecule has 4 rings (SSSR count). The van der Waals surface area contributed by atoms with Gasteiger partial charge >= 0.3 is 6.09 Å². The summed E-state index contributed by atoms with van der Waals surface area (Å²) in [4.78, 5) is 30.0. The number of benzene rings is 2. The molecule has 2 atom stereocenters. The van der Waals surface area contributed by atoms with Crippen LogP contribution in [-0.2, 0) is 11.3 Å². The minimum atomic E-state index is -0.954. The van der Waals surface area contributed by atoms with Crippen molar-refractivity contribution in [3.8, 4) is 11.1 Å². The summed E-state index contributed by atoms with van der Waals surface area (Å²) in [7, 11) is 1.62. The molecule has 33 heavy (non-hydrogen) atoms. The van der Waals surface area contributed by atoms with Gasteiger partial charge in [-0.2, -0.15) is 0 Å². The lowest BCUT2D eigenvalue weighted by Crippen LogP contribution is -2.46. The van der Waals surface area contributed by atoms with Gasteiger partial charge in [0.25, 0.3) is 0 Å². The van der Waals surface area contributed by atoms with E-state index in [2.05, 4.69) is 35.2 Å². The lowest BCUT2D eigenvalue weighted by atomic mass is 9.87. The highest BCUT2D eigenvalue weighted by molar-refractivity contribution is 5.94. The molecule has 0 spiro atoms. The minimum Gasteiger partial charge on any atom is -0.465 e. The first-order chi connectivity index (χ1) is 15.9. The molecule has 1 fully saturated rings. The van der Waals surface area contributed by atoms with E-state index in [1.54, 1.807) is 14.0 Å². The third kappa shape index (κ3) is 4.91. The number of piperidine rings is 1. The Bertz CT molecular complexity index is 998. The van der Waals surface area contributed by atoms with E-state index in [4.69, 9.17) is 0 Å². The molecule has 2 aliphatic rings. The number of hydrogen-bond acceptors (Lipinski definition) is 3. The summed E-state index contributed by atoms with van der Waals surface area (Å²) in [5.74, 6) is -0.00524. The van der Waals surface area contributed by atoms with Gasteiger partial charge < -0.3 is 14.9 Å². The first-order valence-electron chi connectivity index (χ1n) is 12.1. The maximum absolute atomic E-state index is 12.5. The fraction of sp³-hybridized carbons (Fsp3) is 0.481. The monoisotopic (exact) mass is 449 g/mol. The van der Waals surface area contributed by atoms with Crippen molar-refractivity contribution < 1.29 is 14.7 Å². The average Bonchev–Trinajstić information content (AvgIpc) is 2.83. The SMILES string of the molecule is CC[C@@H]1C[C@H](N(C)C(=O)O)c2cc(-c3ccc(CN4CCCCC4)cc3)ccc2N1C(C)=O. The minimum absolute atomic E-state index is 0.00524. The van der Waals surface area contributed by atoms with Crippen LogP contribution in [0.25, 0.3) is 11.1 Å².